The molecule has 0 aliphatic carbocycles. The molecule has 1 aromatic carbocycles. The third-order valence-electron chi connectivity index (χ3n) is 3.17. The molecule has 0 saturated heterocycles. The van der Waals surface area contributed by atoms with Crippen molar-refractivity contribution >= 4 is 5.97 Å². The van der Waals surface area contributed by atoms with Gasteiger partial charge in [-0.25, -0.2) is 0 Å². The van der Waals surface area contributed by atoms with E-state index in [-0.39, 0.29) is 6.54 Å². The Bertz CT molecular complexity index is 367. The molecular weight excluding hydrogens is 230 g/mol. The number of hydrogen-bond donors (Lipinski definition) is 2. The van der Waals surface area contributed by atoms with Gasteiger partial charge in [0.1, 0.15) is 5.75 Å². The van der Waals surface area contributed by atoms with Gasteiger partial charge in [0.05, 0.1) is 12.0 Å². The Labute approximate surface area is 108 Å². The number of carbonyl (C=O) groups is 1. The number of hydrogen-bond acceptors (Lipinski definition) is 3. The molecule has 4 heteroatoms. The summed E-state index contributed by atoms with van der Waals surface area (Å²) < 4.78 is 5.54. The molecule has 0 amide bonds. The molecule has 4 nitrogen and oxygen atoms in total. The second kappa shape index (κ2) is 7.01. The highest BCUT2D eigenvalue weighted by Gasteiger charge is 2.36. The van der Waals surface area contributed by atoms with E-state index in [1.807, 2.05) is 37.3 Å². The Morgan fingerprint density at radius 2 is 2.00 bits per heavy atom. The average Bonchev–Trinajstić information content (AvgIpc) is 2.38. The van der Waals surface area contributed by atoms with Crippen molar-refractivity contribution < 1.29 is 14.6 Å². The second-order valence-electron chi connectivity index (χ2n) is 4.45. The smallest absolute Gasteiger partial charge is 0.311 e. The summed E-state index contributed by atoms with van der Waals surface area (Å²) in [6.07, 6.45) is 1.81. The van der Waals surface area contributed by atoms with Crippen LogP contribution in [0.2, 0.25) is 0 Å². The summed E-state index contributed by atoms with van der Waals surface area (Å²) in [5.74, 6) is -0.0752. The molecule has 18 heavy (non-hydrogen) atoms. The Morgan fingerprint density at radius 1 is 1.33 bits per heavy atom. The third kappa shape index (κ3) is 3.74. The van der Waals surface area contributed by atoms with Gasteiger partial charge in [-0.05, 0) is 25.0 Å². The van der Waals surface area contributed by atoms with E-state index in [0.29, 0.717) is 19.4 Å². The lowest BCUT2D eigenvalue weighted by molar-refractivity contribution is -0.149. The second-order valence-corrected chi connectivity index (χ2v) is 4.45. The lowest BCUT2D eigenvalue weighted by Crippen LogP contribution is -2.39. The van der Waals surface area contributed by atoms with Crippen molar-refractivity contribution in [3.63, 3.8) is 0 Å². The van der Waals surface area contributed by atoms with Crippen LogP contribution in [0.3, 0.4) is 0 Å². The van der Waals surface area contributed by atoms with Gasteiger partial charge in [0.25, 0.3) is 0 Å². The molecule has 1 aromatic rings. The summed E-state index contributed by atoms with van der Waals surface area (Å²) in [7, 11) is 0. The molecule has 0 saturated carbocycles. The first-order valence-corrected chi connectivity index (χ1v) is 6.26. The highest BCUT2D eigenvalue weighted by molar-refractivity contribution is 5.74. The van der Waals surface area contributed by atoms with Gasteiger partial charge in [-0.2, -0.15) is 0 Å². The van der Waals surface area contributed by atoms with Crippen LogP contribution in [-0.4, -0.2) is 24.2 Å². The van der Waals surface area contributed by atoms with Crippen LogP contribution in [0.25, 0.3) is 0 Å². The lowest BCUT2D eigenvalue weighted by atomic mass is 9.80. The number of para-hydroxylation sites is 1. The number of rotatable bonds is 8. The van der Waals surface area contributed by atoms with Crippen molar-refractivity contribution in [2.75, 3.05) is 13.2 Å². The van der Waals surface area contributed by atoms with E-state index in [1.165, 1.54) is 0 Å². The third-order valence-corrected chi connectivity index (χ3v) is 3.17. The predicted octanol–water partition coefficient (Wildman–Crippen LogP) is 2.29. The first kappa shape index (κ1) is 14.5. The molecule has 0 spiro atoms. The molecule has 0 heterocycles. The fraction of sp³-hybridized carbons (Fsp3) is 0.500. The topological polar surface area (TPSA) is 72.5 Å². The van der Waals surface area contributed by atoms with Crippen molar-refractivity contribution in [3.05, 3.63) is 30.3 Å². The molecule has 0 radical (unpaired) electrons. The highest BCUT2D eigenvalue weighted by Crippen LogP contribution is 2.27. The minimum absolute atomic E-state index is 0.147. The maximum Gasteiger partial charge on any atom is 0.311 e. The molecule has 1 atom stereocenters. The molecule has 0 aliphatic rings. The van der Waals surface area contributed by atoms with Crippen LogP contribution >= 0.6 is 0 Å². The molecule has 0 fully saturated rings. The number of nitrogens with two attached hydrogens (primary N) is 1. The Balaban J connectivity index is 2.55. The number of benzene rings is 1. The molecule has 0 aromatic heterocycles. The Hall–Kier alpha value is -1.55. The maximum atomic E-state index is 11.3. The SMILES string of the molecule is CCCC(CN)(CCOc1ccccc1)C(=O)O. The van der Waals surface area contributed by atoms with Gasteiger partial charge < -0.3 is 15.6 Å². The van der Waals surface area contributed by atoms with Gasteiger partial charge in [-0.15, -0.1) is 0 Å². The quantitative estimate of drug-likeness (QED) is 0.743. The largest absolute Gasteiger partial charge is 0.494 e. The van der Waals surface area contributed by atoms with Gasteiger partial charge >= 0.3 is 5.97 Å². The van der Waals surface area contributed by atoms with Crippen LogP contribution in [-0.2, 0) is 4.79 Å². The summed E-state index contributed by atoms with van der Waals surface area (Å²) in [4.78, 5) is 11.3. The number of aliphatic carboxylic acids is 1. The first-order chi connectivity index (χ1) is 8.64. The fourth-order valence-electron chi connectivity index (χ4n) is 1.99. The molecule has 1 rings (SSSR count). The van der Waals surface area contributed by atoms with Crippen molar-refractivity contribution in [2.45, 2.75) is 26.2 Å². The van der Waals surface area contributed by atoms with Crippen LogP contribution in [0, 0.1) is 5.41 Å². The van der Waals surface area contributed by atoms with E-state index < -0.39 is 11.4 Å². The Morgan fingerprint density at radius 3 is 2.50 bits per heavy atom. The van der Waals surface area contributed by atoms with Crippen molar-refractivity contribution in [1.29, 1.82) is 0 Å². The normalized spacial score (nSPS) is 13.9. The molecular formula is C14H21NO3. The predicted molar refractivity (Wildman–Crippen MR) is 70.6 cm³/mol. The van der Waals surface area contributed by atoms with E-state index in [0.717, 1.165) is 12.2 Å². The monoisotopic (exact) mass is 251 g/mol. The molecule has 0 aliphatic heterocycles. The minimum Gasteiger partial charge on any atom is -0.494 e. The van der Waals surface area contributed by atoms with E-state index >= 15 is 0 Å². The van der Waals surface area contributed by atoms with E-state index in [4.69, 9.17) is 10.5 Å². The lowest BCUT2D eigenvalue weighted by Gasteiger charge is -2.27. The summed E-state index contributed by atoms with van der Waals surface area (Å²) in [6.45, 7) is 2.48. The van der Waals surface area contributed by atoms with Crippen LogP contribution in [0.5, 0.6) is 5.75 Å². The van der Waals surface area contributed by atoms with Crippen molar-refractivity contribution in [1.82, 2.24) is 0 Å². The van der Waals surface area contributed by atoms with Gasteiger partial charge in [0.15, 0.2) is 0 Å². The summed E-state index contributed by atoms with van der Waals surface area (Å²) in [5.41, 5.74) is 4.78. The summed E-state index contributed by atoms with van der Waals surface area (Å²) in [6, 6.07) is 9.38. The molecule has 3 N–H and O–H groups in total. The maximum absolute atomic E-state index is 11.3. The van der Waals surface area contributed by atoms with E-state index in [1.54, 1.807) is 0 Å². The van der Waals surface area contributed by atoms with Gasteiger partial charge in [0.2, 0.25) is 0 Å². The van der Waals surface area contributed by atoms with Gasteiger partial charge in [-0.1, -0.05) is 31.5 Å². The molecule has 100 valence electrons. The van der Waals surface area contributed by atoms with Crippen LogP contribution in [0.4, 0.5) is 0 Å². The van der Waals surface area contributed by atoms with Gasteiger partial charge in [0, 0.05) is 6.54 Å². The molecule has 0 bridgehead atoms. The van der Waals surface area contributed by atoms with Crippen LogP contribution in [0.1, 0.15) is 26.2 Å². The van der Waals surface area contributed by atoms with E-state index in [2.05, 4.69) is 0 Å². The summed E-state index contributed by atoms with van der Waals surface area (Å²) in [5, 5.41) is 9.32. The van der Waals surface area contributed by atoms with E-state index in [9.17, 15) is 9.90 Å². The highest BCUT2D eigenvalue weighted by atomic mass is 16.5. The Kier molecular flexibility index (Phi) is 5.65. The van der Waals surface area contributed by atoms with Gasteiger partial charge in [-0.3, -0.25) is 4.79 Å². The molecule has 1 unspecified atom stereocenters. The number of carboxylic acid groups (broad SMARTS) is 1. The zero-order valence-corrected chi connectivity index (χ0v) is 10.8. The average molecular weight is 251 g/mol. The zero-order chi connectivity index (χ0) is 13.4. The van der Waals surface area contributed by atoms with Crippen LogP contribution in [0.15, 0.2) is 30.3 Å². The fourth-order valence-corrected chi connectivity index (χ4v) is 1.99. The number of ether oxygens (including phenoxy) is 1. The van der Waals surface area contributed by atoms with Crippen LogP contribution < -0.4 is 10.5 Å². The number of carboxylic acids is 1. The zero-order valence-electron chi connectivity index (χ0n) is 10.8. The minimum atomic E-state index is -0.858. The standard InChI is InChI=1S/C14H21NO3/c1-2-8-14(11-15,13(16)17)9-10-18-12-6-4-3-5-7-12/h3-7H,2,8-11,15H2,1H3,(H,16,17). The first-order valence-electron chi connectivity index (χ1n) is 6.26. The summed E-state index contributed by atoms with van der Waals surface area (Å²) >= 11 is 0. The van der Waals surface area contributed by atoms with Crippen molar-refractivity contribution in [2.24, 2.45) is 11.1 Å². The van der Waals surface area contributed by atoms with Crippen molar-refractivity contribution in [3.8, 4) is 5.75 Å².